The lowest BCUT2D eigenvalue weighted by Gasteiger charge is -2.36. The number of hydrogen-bond donors (Lipinski definition) is 0. The number of nitrogens with zero attached hydrogens (tertiary/aromatic N) is 2. The van der Waals surface area contributed by atoms with E-state index in [0.717, 1.165) is 28.9 Å². The summed E-state index contributed by atoms with van der Waals surface area (Å²) in [5.74, 6) is 0. The molecule has 9 heteroatoms. The molecular weight excluding hydrogens is 413 g/mol. The van der Waals surface area contributed by atoms with Crippen LogP contribution in [0, 0.1) is 13.8 Å². The molecule has 0 aromatic heterocycles. The molecule has 0 spiro atoms. The lowest BCUT2D eigenvalue weighted by molar-refractivity contribution is -0.137. The average Bonchev–Trinajstić information content (AvgIpc) is 2.63. The molecule has 0 N–H and O–H groups in total. The summed E-state index contributed by atoms with van der Waals surface area (Å²) >= 11 is 5.93. The summed E-state index contributed by atoms with van der Waals surface area (Å²) in [7, 11) is -4.12. The zero-order chi connectivity index (χ0) is 20.7. The van der Waals surface area contributed by atoms with Crippen molar-refractivity contribution in [3.8, 4) is 0 Å². The van der Waals surface area contributed by atoms with Crippen molar-refractivity contribution in [3.05, 3.63) is 58.1 Å². The molecule has 4 nitrogen and oxygen atoms in total. The Morgan fingerprint density at radius 3 is 2.25 bits per heavy atom. The highest BCUT2D eigenvalue weighted by Gasteiger charge is 2.35. The summed E-state index contributed by atoms with van der Waals surface area (Å²) in [5, 5.41) is -0.218. The molecule has 1 saturated heterocycles. The molecule has 28 heavy (non-hydrogen) atoms. The fourth-order valence-electron chi connectivity index (χ4n) is 3.26. The largest absolute Gasteiger partial charge is 0.416 e. The Hall–Kier alpha value is -1.77. The van der Waals surface area contributed by atoms with E-state index in [-0.39, 0.29) is 18.1 Å². The van der Waals surface area contributed by atoms with Crippen LogP contribution in [0.15, 0.2) is 41.3 Å². The number of sulfonamides is 1. The third kappa shape index (κ3) is 3.99. The van der Waals surface area contributed by atoms with Crippen LogP contribution in [0.3, 0.4) is 0 Å². The molecular formula is C19H20ClF3N2O2S. The van der Waals surface area contributed by atoms with Crippen LogP contribution >= 0.6 is 11.6 Å². The first-order valence-corrected chi connectivity index (χ1v) is 10.5. The van der Waals surface area contributed by atoms with Crippen LogP contribution in [0.25, 0.3) is 0 Å². The van der Waals surface area contributed by atoms with Crippen LogP contribution in [0.1, 0.15) is 16.7 Å². The maximum Gasteiger partial charge on any atom is 0.416 e. The van der Waals surface area contributed by atoms with Gasteiger partial charge in [-0.05, 0) is 49.2 Å². The van der Waals surface area contributed by atoms with Crippen LogP contribution in [-0.4, -0.2) is 38.9 Å². The number of benzene rings is 2. The predicted octanol–water partition coefficient (Wildman–Crippen LogP) is 4.49. The Morgan fingerprint density at radius 2 is 1.64 bits per heavy atom. The molecule has 1 aliphatic heterocycles. The normalized spacial score (nSPS) is 16.4. The van der Waals surface area contributed by atoms with E-state index in [9.17, 15) is 21.6 Å². The zero-order valence-electron chi connectivity index (χ0n) is 15.4. The lowest BCUT2D eigenvalue weighted by atomic mass is 10.1. The first-order valence-electron chi connectivity index (χ1n) is 8.70. The highest BCUT2D eigenvalue weighted by molar-refractivity contribution is 7.89. The Kier molecular flexibility index (Phi) is 5.67. The molecule has 152 valence electrons. The number of anilines is 1. The van der Waals surface area contributed by atoms with Gasteiger partial charge in [0.05, 0.1) is 10.6 Å². The van der Waals surface area contributed by atoms with E-state index in [1.807, 2.05) is 32.0 Å². The summed E-state index contributed by atoms with van der Waals surface area (Å²) in [5.41, 5.74) is 2.27. The smallest absolute Gasteiger partial charge is 0.369 e. The van der Waals surface area contributed by atoms with Crippen LogP contribution in [0.5, 0.6) is 0 Å². The number of aryl methyl sites for hydroxylation is 1. The maximum absolute atomic E-state index is 13.0. The molecule has 0 atom stereocenters. The molecule has 0 bridgehead atoms. The van der Waals surface area contributed by atoms with Crippen molar-refractivity contribution in [2.75, 3.05) is 31.1 Å². The quantitative estimate of drug-likeness (QED) is 0.717. The SMILES string of the molecule is Cc1cccc(N2CCN(S(=O)(=O)c3cc(C(F)(F)F)ccc3Cl)CC2)c1C. The van der Waals surface area contributed by atoms with Crippen LogP contribution in [0.4, 0.5) is 18.9 Å². The third-order valence-corrected chi connectivity index (χ3v) is 7.41. The van der Waals surface area contributed by atoms with Crippen molar-refractivity contribution in [2.24, 2.45) is 0 Å². The molecule has 0 saturated carbocycles. The van der Waals surface area contributed by atoms with E-state index >= 15 is 0 Å². The second-order valence-corrected chi connectivity index (χ2v) is 9.07. The van der Waals surface area contributed by atoms with Crippen molar-refractivity contribution in [2.45, 2.75) is 24.9 Å². The highest BCUT2D eigenvalue weighted by Crippen LogP contribution is 2.35. The predicted molar refractivity (Wildman–Crippen MR) is 103 cm³/mol. The van der Waals surface area contributed by atoms with Gasteiger partial charge < -0.3 is 4.90 Å². The molecule has 3 rings (SSSR count). The number of rotatable bonds is 3. The van der Waals surface area contributed by atoms with Gasteiger partial charge in [0.1, 0.15) is 4.90 Å². The minimum Gasteiger partial charge on any atom is -0.369 e. The van der Waals surface area contributed by atoms with Gasteiger partial charge in [-0.25, -0.2) is 8.42 Å². The van der Waals surface area contributed by atoms with E-state index in [4.69, 9.17) is 11.6 Å². The average molecular weight is 433 g/mol. The molecule has 2 aromatic carbocycles. The molecule has 0 aliphatic carbocycles. The minimum atomic E-state index is -4.64. The summed E-state index contributed by atoms with van der Waals surface area (Å²) in [4.78, 5) is 1.58. The van der Waals surface area contributed by atoms with Gasteiger partial charge in [0, 0.05) is 31.9 Å². The van der Waals surface area contributed by atoms with E-state index in [2.05, 4.69) is 4.90 Å². The van der Waals surface area contributed by atoms with Gasteiger partial charge >= 0.3 is 6.18 Å². The van der Waals surface area contributed by atoms with Crippen molar-refractivity contribution in [3.63, 3.8) is 0 Å². The van der Waals surface area contributed by atoms with Gasteiger partial charge in [0.25, 0.3) is 0 Å². The molecule has 0 radical (unpaired) electrons. The van der Waals surface area contributed by atoms with Crippen molar-refractivity contribution >= 4 is 27.3 Å². The van der Waals surface area contributed by atoms with Crippen molar-refractivity contribution in [1.82, 2.24) is 4.31 Å². The standard InChI is InChI=1S/C19H20ClF3N2O2S/c1-13-4-3-5-17(14(13)2)24-8-10-25(11-9-24)28(26,27)18-12-15(19(21,22)23)6-7-16(18)20/h3-7,12H,8-11H2,1-2H3. The van der Waals surface area contributed by atoms with E-state index in [1.165, 1.54) is 4.31 Å². The summed E-state index contributed by atoms with van der Waals surface area (Å²) in [6.07, 6.45) is -4.64. The summed E-state index contributed by atoms with van der Waals surface area (Å²) in [6, 6.07) is 8.30. The van der Waals surface area contributed by atoms with Crippen LogP contribution in [0.2, 0.25) is 5.02 Å². The molecule has 2 aromatic rings. The summed E-state index contributed by atoms with van der Waals surface area (Å²) in [6.45, 7) is 5.25. The Morgan fingerprint density at radius 1 is 1.00 bits per heavy atom. The second-order valence-electron chi connectivity index (χ2n) is 6.75. The summed E-state index contributed by atoms with van der Waals surface area (Å²) < 4.78 is 65.9. The van der Waals surface area contributed by atoms with Gasteiger partial charge in [-0.1, -0.05) is 23.7 Å². The van der Waals surface area contributed by atoms with Gasteiger partial charge in [0.2, 0.25) is 10.0 Å². The Balaban J connectivity index is 1.83. The first kappa shape index (κ1) is 21.0. The lowest BCUT2D eigenvalue weighted by Crippen LogP contribution is -2.49. The number of piperazine rings is 1. The molecule has 0 amide bonds. The van der Waals surface area contributed by atoms with E-state index in [0.29, 0.717) is 19.2 Å². The molecule has 0 unspecified atom stereocenters. The van der Waals surface area contributed by atoms with Gasteiger partial charge in [-0.15, -0.1) is 0 Å². The number of halogens is 4. The van der Waals surface area contributed by atoms with Gasteiger partial charge in [-0.2, -0.15) is 17.5 Å². The number of alkyl halides is 3. The topological polar surface area (TPSA) is 40.6 Å². The monoisotopic (exact) mass is 432 g/mol. The van der Waals surface area contributed by atoms with Crippen LogP contribution < -0.4 is 4.90 Å². The fourth-order valence-corrected chi connectivity index (χ4v) is 5.19. The fraction of sp³-hybridized carbons (Fsp3) is 0.368. The zero-order valence-corrected chi connectivity index (χ0v) is 17.0. The molecule has 1 fully saturated rings. The Labute approximate surface area is 167 Å². The Bertz CT molecular complexity index is 985. The van der Waals surface area contributed by atoms with Crippen molar-refractivity contribution < 1.29 is 21.6 Å². The van der Waals surface area contributed by atoms with E-state index < -0.39 is 26.7 Å². The molecule has 1 aliphatic rings. The van der Waals surface area contributed by atoms with E-state index in [1.54, 1.807) is 0 Å². The van der Waals surface area contributed by atoms with Gasteiger partial charge in [0.15, 0.2) is 0 Å². The number of hydrogen-bond acceptors (Lipinski definition) is 3. The van der Waals surface area contributed by atoms with Gasteiger partial charge in [-0.3, -0.25) is 0 Å². The highest BCUT2D eigenvalue weighted by atomic mass is 35.5. The third-order valence-electron chi connectivity index (χ3n) is 5.03. The van der Waals surface area contributed by atoms with Crippen molar-refractivity contribution in [1.29, 1.82) is 0 Å². The molecule has 1 heterocycles. The second kappa shape index (κ2) is 7.57. The maximum atomic E-state index is 13.0. The van der Waals surface area contributed by atoms with Crippen LogP contribution in [-0.2, 0) is 16.2 Å². The first-order chi connectivity index (χ1) is 13.0. The minimum absolute atomic E-state index is 0.169.